The van der Waals surface area contributed by atoms with Gasteiger partial charge in [0.2, 0.25) is 0 Å². The van der Waals surface area contributed by atoms with Gasteiger partial charge in [-0.15, -0.1) is 11.3 Å². The fourth-order valence-electron chi connectivity index (χ4n) is 8.88. The van der Waals surface area contributed by atoms with Crippen LogP contribution in [-0.2, 0) is 0 Å². The molecular weight excluding hydrogens is 761 g/mol. The zero-order valence-corrected chi connectivity index (χ0v) is 33.6. The van der Waals surface area contributed by atoms with Crippen LogP contribution in [-0.4, -0.2) is 19.9 Å². The molecule has 0 unspecified atom stereocenters. The Bertz CT molecular complexity index is 3550. The molecule has 12 aromatic rings. The quantitative estimate of drug-likeness (QED) is 0.157. The summed E-state index contributed by atoms with van der Waals surface area (Å²) >= 11 is 1.81. The summed E-state index contributed by atoms with van der Waals surface area (Å²) in [5, 5.41) is 9.85. The fraction of sp³-hybridized carbons (Fsp3) is 0. The van der Waals surface area contributed by atoms with Crippen LogP contribution in [0.15, 0.2) is 206 Å². The molecule has 61 heavy (non-hydrogen) atoms. The number of thiophene rings is 1. The monoisotopic (exact) mass is 794 g/mol. The molecule has 0 bridgehead atoms. The minimum atomic E-state index is 0.623. The van der Waals surface area contributed by atoms with Gasteiger partial charge in [0.05, 0.1) is 15.9 Å². The zero-order chi connectivity index (χ0) is 40.3. The summed E-state index contributed by atoms with van der Waals surface area (Å²) < 4.78 is 1.15. The molecule has 0 radical (unpaired) electrons. The van der Waals surface area contributed by atoms with Crippen LogP contribution in [0, 0.1) is 0 Å². The third-order valence-corrected chi connectivity index (χ3v) is 12.9. The molecule has 0 saturated heterocycles. The molecule has 0 aliphatic heterocycles. The molecule has 0 saturated carbocycles. The van der Waals surface area contributed by atoms with Gasteiger partial charge in [-0.3, -0.25) is 0 Å². The van der Waals surface area contributed by atoms with Crippen LogP contribution in [0.3, 0.4) is 0 Å². The highest BCUT2D eigenvalue weighted by Crippen LogP contribution is 2.51. The summed E-state index contributed by atoms with van der Waals surface area (Å²) in [5.41, 5.74) is 9.28. The van der Waals surface area contributed by atoms with Gasteiger partial charge in [-0.25, -0.2) is 19.9 Å². The van der Waals surface area contributed by atoms with Crippen LogP contribution in [0.5, 0.6) is 0 Å². The van der Waals surface area contributed by atoms with E-state index in [4.69, 9.17) is 19.9 Å². The number of rotatable bonds is 6. The Balaban J connectivity index is 1.15. The first kappa shape index (κ1) is 35.1. The second-order valence-electron chi connectivity index (χ2n) is 15.3. The van der Waals surface area contributed by atoms with Gasteiger partial charge in [-0.2, -0.15) is 0 Å². The Morgan fingerprint density at radius 1 is 0.295 bits per heavy atom. The fourth-order valence-corrected chi connectivity index (χ4v) is 10.2. The molecule has 0 spiro atoms. The Hall–Kier alpha value is -7.86. The predicted octanol–water partition coefficient (Wildman–Crippen LogP) is 15.1. The molecule has 0 N–H and O–H groups in total. The summed E-state index contributed by atoms with van der Waals surface area (Å²) in [6.07, 6.45) is 0. The van der Waals surface area contributed by atoms with Crippen molar-refractivity contribution in [1.82, 2.24) is 19.9 Å². The summed E-state index contributed by atoms with van der Waals surface area (Å²) in [7, 11) is 0. The Labute approximate surface area is 356 Å². The summed E-state index contributed by atoms with van der Waals surface area (Å²) in [5.74, 6) is 1.90. The lowest BCUT2D eigenvalue weighted by Crippen LogP contribution is -2.00. The van der Waals surface area contributed by atoms with E-state index in [1.165, 1.54) is 43.3 Å². The predicted molar refractivity (Wildman–Crippen MR) is 256 cm³/mol. The van der Waals surface area contributed by atoms with E-state index in [9.17, 15) is 0 Å². The second-order valence-corrected chi connectivity index (χ2v) is 16.3. The Morgan fingerprint density at radius 3 is 1.36 bits per heavy atom. The molecule has 3 aromatic heterocycles. The van der Waals surface area contributed by atoms with Crippen molar-refractivity contribution in [2.75, 3.05) is 0 Å². The summed E-state index contributed by atoms with van der Waals surface area (Å²) in [6, 6.07) is 72.8. The highest BCUT2D eigenvalue weighted by atomic mass is 32.1. The van der Waals surface area contributed by atoms with Crippen molar-refractivity contribution >= 4 is 64.6 Å². The highest BCUT2D eigenvalue weighted by Gasteiger charge is 2.24. The van der Waals surface area contributed by atoms with Gasteiger partial charge in [0.15, 0.2) is 17.5 Å². The first-order chi connectivity index (χ1) is 30.2. The third-order valence-electron chi connectivity index (χ3n) is 11.7. The number of benzene rings is 9. The van der Waals surface area contributed by atoms with Crippen molar-refractivity contribution in [2.45, 2.75) is 0 Å². The molecule has 9 aromatic carbocycles. The first-order valence-electron chi connectivity index (χ1n) is 20.5. The van der Waals surface area contributed by atoms with Crippen LogP contribution >= 0.6 is 11.3 Å². The number of para-hydroxylation sites is 1. The zero-order valence-electron chi connectivity index (χ0n) is 32.8. The molecule has 0 aliphatic carbocycles. The number of pyridine rings is 1. The molecule has 0 fully saturated rings. The van der Waals surface area contributed by atoms with Crippen molar-refractivity contribution in [3.05, 3.63) is 206 Å². The van der Waals surface area contributed by atoms with Crippen LogP contribution < -0.4 is 0 Å². The average Bonchev–Trinajstić information content (AvgIpc) is 3.76. The van der Waals surface area contributed by atoms with E-state index in [0.29, 0.717) is 17.5 Å². The molecule has 0 atom stereocenters. The lowest BCUT2D eigenvalue weighted by Gasteiger charge is -2.14. The Morgan fingerprint density at radius 2 is 0.754 bits per heavy atom. The maximum absolute atomic E-state index is 5.37. The maximum atomic E-state index is 5.37. The molecule has 0 amide bonds. The van der Waals surface area contributed by atoms with E-state index >= 15 is 0 Å². The molecule has 3 heterocycles. The average molecular weight is 795 g/mol. The van der Waals surface area contributed by atoms with Crippen molar-refractivity contribution in [3.63, 3.8) is 0 Å². The van der Waals surface area contributed by atoms with Crippen LogP contribution in [0.1, 0.15) is 0 Å². The lowest BCUT2D eigenvalue weighted by atomic mass is 9.90. The number of hydrogen-bond donors (Lipinski definition) is 0. The van der Waals surface area contributed by atoms with Gasteiger partial charge >= 0.3 is 0 Å². The second kappa shape index (κ2) is 14.5. The lowest BCUT2D eigenvalue weighted by molar-refractivity contribution is 1.07. The van der Waals surface area contributed by atoms with Crippen LogP contribution in [0.2, 0.25) is 0 Å². The number of hydrogen-bond acceptors (Lipinski definition) is 5. The van der Waals surface area contributed by atoms with Gasteiger partial charge in [0.1, 0.15) is 0 Å². The third kappa shape index (κ3) is 5.97. The van der Waals surface area contributed by atoms with E-state index in [-0.39, 0.29) is 0 Å². The smallest absolute Gasteiger partial charge is 0.164 e. The maximum Gasteiger partial charge on any atom is 0.164 e. The Kier molecular flexibility index (Phi) is 8.32. The summed E-state index contributed by atoms with van der Waals surface area (Å²) in [4.78, 5) is 21.7. The minimum absolute atomic E-state index is 0.623. The number of aromatic nitrogens is 4. The van der Waals surface area contributed by atoms with Gasteiger partial charge < -0.3 is 0 Å². The van der Waals surface area contributed by atoms with Crippen molar-refractivity contribution in [3.8, 4) is 67.0 Å². The van der Waals surface area contributed by atoms with Gasteiger partial charge in [0, 0.05) is 43.5 Å². The van der Waals surface area contributed by atoms with Crippen LogP contribution in [0.25, 0.3) is 120 Å². The largest absolute Gasteiger partial charge is 0.246 e. The van der Waals surface area contributed by atoms with E-state index in [2.05, 4.69) is 146 Å². The number of fused-ring (bicyclic) bond motifs is 9. The normalized spacial score (nSPS) is 11.6. The standard InChI is InChI=1S/C56H34N4S/c1-4-17-35(18-5-1)51-53-50(46-29-14-15-30-48(46)57-51)49(38-31-32-45-43-27-11-10-25-41(43)42-26-12-13-28-44(42)47(45)34-38)52(61-53)39-23-16-24-40(33-39)56-59-54(36-19-6-2-7-20-36)58-55(60-56)37-21-8-3-9-22-37/h1-34H. The van der Waals surface area contributed by atoms with Crippen molar-refractivity contribution in [2.24, 2.45) is 0 Å². The van der Waals surface area contributed by atoms with Crippen LogP contribution in [0.4, 0.5) is 0 Å². The van der Waals surface area contributed by atoms with Gasteiger partial charge in [-0.1, -0.05) is 188 Å². The van der Waals surface area contributed by atoms with E-state index < -0.39 is 0 Å². The molecule has 4 nitrogen and oxygen atoms in total. The van der Waals surface area contributed by atoms with E-state index in [1.54, 1.807) is 0 Å². The highest BCUT2D eigenvalue weighted by molar-refractivity contribution is 7.23. The molecule has 12 rings (SSSR count). The summed E-state index contributed by atoms with van der Waals surface area (Å²) in [6.45, 7) is 0. The van der Waals surface area contributed by atoms with Crippen molar-refractivity contribution < 1.29 is 0 Å². The molecule has 0 aliphatic rings. The van der Waals surface area contributed by atoms with Gasteiger partial charge in [0.25, 0.3) is 0 Å². The van der Waals surface area contributed by atoms with E-state index in [0.717, 1.165) is 59.6 Å². The van der Waals surface area contributed by atoms with Crippen molar-refractivity contribution in [1.29, 1.82) is 0 Å². The molecule has 5 heteroatoms. The van der Waals surface area contributed by atoms with E-state index in [1.807, 2.05) is 72.0 Å². The van der Waals surface area contributed by atoms with Gasteiger partial charge in [-0.05, 0) is 61.6 Å². The first-order valence-corrected chi connectivity index (χ1v) is 21.3. The molecule has 284 valence electrons. The number of nitrogens with zero attached hydrogens (tertiary/aromatic N) is 4. The molecular formula is C56H34N4S. The topological polar surface area (TPSA) is 51.6 Å². The minimum Gasteiger partial charge on any atom is -0.246 e. The SMILES string of the molecule is c1ccc(-c2nc(-c3ccccc3)nc(-c3cccc(-c4sc5c(-c6ccccc6)nc6ccccc6c5c4-c4ccc5c6ccccc6c6ccccc6c5c4)c3)n2)cc1.